The summed E-state index contributed by atoms with van der Waals surface area (Å²) in [6.45, 7) is 2.41. The third-order valence-corrected chi connectivity index (χ3v) is 7.64. The van der Waals surface area contributed by atoms with Crippen LogP contribution in [0.15, 0.2) is 55.2 Å². The average molecular weight is 669 g/mol. The van der Waals surface area contributed by atoms with Gasteiger partial charge in [0.1, 0.15) is 42.5 Å². The summed E-state index contributed by atoms with van der Waals surface area (Å²) in [6, 6.07) is 7.75. The molecular weight excluding hydrogens is 641 g/mol. The number of nitrogen functional groups attached to an aromatic ring is 1. The molecular formula is C31H28ClF3N8O4. The number of nitrogens with two attached hydrogens (primary N) is 1. The second-order valence-electron chi connectivity index (χ2n) is 10.6. The van der Waals surface area contributed by atoms with Gasteiger partial charge in [0.15, 0.2) is 5.65 Å². The molecule has 16 heteroatoms. The Labute approximate surface area is 271 Å². The number of amides is 1. The third-order valence-electron chi connectivity index (χ3n) is 7.25. The third kappa shape index (κ3) is 6.65. The van der Waals surface area contributed by atoms with E-state index in [4.69, 9.17) is 27.2 Å². The maximum Gasteiger partial charge on any atom is 0.490 e. The molecule has 1 atom stereocenters. The molecule has 0 aliphatic heterocycles. The number of benzene rings is 1. The van der Waals surface area contributed by atoms with Crippen molar-refractivity contribution in [1.29, 1.82) is 0 Å². The molecule has 0 bridgehead atoms. The first kappa shape index (κ1) is 33.1. The van der Waals surface area contributed by atoms with Crippen LogP contribution in [0.1, 0.15) is 34.6 Å². The first-order valence-electron chi connectivity index (χ1n) is 14.1. The number of ether oxygens (including phenoxy) is 2. The van der Waals surface area contributed by atoms with Crippen molar-refractivity contribution in [2.75, 3.05) is 33.0 Å². The number of carbonyl (C=O) groups excluding carboxylic acids is 2. The van der Waals surface area contributed by atoms with E-state index in [1.165, 1.54) is 23.5 Å². The summed E-state index contributed by atoms with van der Waals surface area (Å²) in [5, 5.41) is 5.65. The van der Waals surface area contributed by atoms with Crippen molar-refractivity contribution in [3.63, 3.8) is 0 Å². The highest BCUT2D eigenvalue weighted by molar-refractivity contribution is 6.32. The maximum atomic E-state index is 12.8. The predicted octanol–water partition coefficient (Wildman–Crippen LogP) is 5.29. The molecule has 2 N–H and O–H groups in total. The Balaban J connectivity index is 1.65. The lowest BCUT2D eigenvalue weighted by Crippen LogP contribution is -2.27. The first-order chi connectivity index (χ1) is 22.3. The number of fused-ring (bicyclic) bond motifs is 1. The van der Waals surface area contributed by atoms with Crippen LogP contribution in [0.4, 0.5) is 19.0 Å². The smallest absolute Gasteiger partial charge is 0.489 e. The Morgan fingerprint density at radius 3 is 2.49 bits per heavy atom. The Morgan fingerprint density at radius 2 is 1.85 bits per heavy atom. The van der Waals surface area contributed by atoms with E-state index in [0.717, 1.165) is 0 Å². The van der Waals surface area contributed by atoms with Gasteiger partial charge in [-0.15, -0.1) is 0 Å². The lowest BCUT2D eigenvalue weighted by atomic mass is 9.94. The van der Waals surface area contributed by atoms with Crippen molar-refractivity contribution in [2.45, 2.75) is 26.1 Å². The highest BCUT2D eigenvalue weighted by Gasteiger charge is 2.41. The number of halogens is 4. The number of hydrogen-bond acceptors (Lipinski definition) is 10. The number of aromatic nitrogens is 6. The maximum absolute atomic E-state index is 12.8. The topological polar surface area (TPSA) is 151 Å². The van der Waals surface area contributed by atoms with E-state index in [1.54, 1.807) is 63.2 Å². The number of esters is 1. The highest BCUT2D eigenvalue weighted by atomic mass is 35.5. The minimum absolute atomic E-state index is 0.191. The lowest BCUT2D eigenvalue weighted by Gasteiger charge is -2.23. The van der Waals surface area contributed by atoms with Crippen molar-refractivity contribution in [3.8, 4) is 28.1 Å². The molecule has 0 aliphatic carbocycles. The molecule has 1 amide bonds. The Hall–Kier alpha value is -5.31. The monoisotopic (exact) mass is 668 g/mol. The van der Waals surface area contributed by atoms with E-state index in [1.807, 2.05) is 6.07 Å². The van der Waals surface area contributed by atoms with Crippen molar-refractivity contribution in [2.24, 2.45) is 0 Å². The molecule has 4 aromatic heterocycles. The predicted molar refractivity (Wildman–Crippen MR) is 167 cm³/mol. The van der Waals surface area contributed by atoms with E-state index in [2.05, 4.69) is 24.7 Å². The summed E-state index contributed by atoms with van der Waals surface area (Å²) in [6.07, 6.45) is 0.860. The highest BCUT2D eigenvalue weighted by Crippen LogP contribution is 2.44. The molecule has 4 heterocycles. The molecule has 0 radical (unpaired) electrons. The van der Waals surface area contributed by atoms with Crippen LogP contribution in [0.25, 0.3) is 33.4 Å². The lowest BCUT2D eigenvalue weighted by molar-refractivity contribution is -0.200. The van der Waals surface area contributed by atoms with E-state index in [0.29, 0.717) is 49.6 Å². The second-order valence-corrected chi connectivity index (χ2v) is 11.0. The van der Waals surface area contributed by atoms with Gasteiger partial charge in [-0.25, -0.2) is 19.4 Å². The van der Waals surface area contributed by atoms with E-state index < -0.39 is 31.4 Å². The summed E-state index contributed by atoms with van der Waals surface area (Å²) < 4.78 is 50.4. The van der Waals surface area contributed by atoms with Gasteiger partial charge in [0, 0.05) is 60.0 Å². The van der Waals surface area contributed by atoms with Gasteiger partial charge < -0.3 is 20.1 Å². The molecule has 12 nitrogen and oxygen atoms in total. The molecule has 0 fully saturated rings. The van der Waals surface area contributed by atoms with Gasteiger partial charge in [-0.3, -0.25) is 14.8 Å². The molecule has 47 heavy (non-hydrogen) atoms. The SMILES string of the molecule is Cc1c(Cl)cc(C(C)n2nc(-c3cccnc3)c3c(N)ncnc32)c(OCCOC(=O)C(F)(F)F)c1-c1ccc(C(=O)N(C)C)nc1. The Morgan fingerprint density at radius 1 is 1.09 bits per heavy atom. The minimum atomic E-state index is -5.16. The molecule has 0 spiro atoms. The Bertz CT molecular complexity index is 1950. The zero-order chi connectivity index (χ0) is 34.0. The summed E-state index contributed by atoms with van der Waals surface area (Å²) in [5.41, 5.74) is 9.98. The van der Waals surface area contributed by atoms with Crippen LogP contribution in [0.2, 0.25) is 5.02 Å². The largest absolute Gasteiger partial charge is 0.490 e. The molecule has 0 saturated heterocycles. The number of nitrogens with zero attached hydrogens (tertiary/aromatic N) is 7. The van der Waals surface area contributed by atoms with Crippen LogP contribution in [0, 0.1) is 6.92 Å². The van der Waals surface area contributed by atoms with Crippen molar-refractivity contribution < 1.29 is 32.2 Å². The number of alkyl halides is 3. The number of anilines is 1. The van der Waals surface area contributed by atoms with Gasteiger partial charge in [0.25, 0.3) is 5.91 Å². The van der Waals surface area contributed by atoms with Gasteiger partial charge in [0.05, 0.1) is 11.4 Å². The number of pyridine rings is 2. The van der Waals surface area contributed by atoms with E-state index in [-0.39, 0.29) is 23.2 Å². The summed E-state index contributed by atoms with van der Waals surface area (Å²) in [7, 11) is 3.20. The molecule has 0 saturated carbocycles. The zero-order valence-corrected chi connectivity index (χ0v) is 26.3. The van der Waals surface area contributed by atoms with E-state index in [9.17, 15) is 22.8 Å². The summed E-state index contributed by atoms with van der Waals surface area (Å²) in [4.78, 5) is 42.3. The molecule has 5 rings (SSSR count). The van der Waals surface area contributed by atoms with Crippen LogP contribution >= 0.6 is 11.6 Å². The summed E-state index contributed by atoms with van der Waals surface area (Å²) >= 11 is 6.78. The van der Waals surface area contributed by atoms with Crippen LogP contribution < -0.4 is 10.5 Å². The first-order valence-corrected chi connectivity index (χ1v) is 14.4. The fraction of sp³-hybridized carbons (Fsp3) is 0.258. The van der Waals surface area contributed by atoms with Crippen molar-refractivity contribution in [1.82, 2.24) is 34.6 Å². The van der Waals surface area contributed by atoms with Crippen LogP contribution in [0.5, 0.6) is 5.75 Å². The van der Waals surface area contributed by atoms with Gasteiger partial charge >= 0.3 is 12.1 Å². The summed E-state index contributed by atoms with van der Waals surface area (Å²) in [5.74, 6) is -2.25. The fourth-order valence-electron chi connectivity index (χ4n) is 4.92. The molecule has 1 unspecified atom stereocenters. The van der Waals surface area contributed by atoms with Crippen LogP contribution in [-0.2, 0) is 9.53 Å². The van der Waals surface area contributed by atoms with Gasteiger partial charge in [-0.1, -0.05) is 17.7 Å². The van der Waals surface area contributed by atoms with Crippen molar-refractivity contribution >= 4 is 40.3 Å². The molecule has 5 aromatic rings. The van der Waals surface area contributed by atoms with Gasteiger partial charge in [-0.05, 0) is 43.7 Å². The van der Waals surface area contributed by atoms with Gasteiger partial charge in [-0.2, -0.15) is 18.3 Å². The number of hydrogen-bond donors (Lipinski definition) is 1. The quantitative estimate of drug-likeness (QED) is 0.162. The zero-order valence-electron chi connectivity index (χ0n) is 25.5. The minimum Gasteiger partial charge on any atom is -0.489 e. The van der Waals surface area contributed by atoms with Gasteiger partial charge in [0.2, 0.25) is 0 Å². The molecule has 244 valence electrons. The van der Waals surface area contributed by atoms with E-state index >= 15 is 0 Å². The number of rotatable bonds is 9. The number of carbonyl (C=O) groups is 2. The molecule has 0 aliphatic rings. The fourth-order valence-corrected chi connectivity index (χ4v) is 5.13. The van der Waals surface area contributed by atoms with Crippen LogP contribution in [0.3, 0.4) is 0 Å². The second kappa shape index (κ2) is 13.2. The molecule has 1 aromatic carbocycles. The van der Waals surface area contributed by atoms with Crippen LogP contribution in [-0.4, -0.2) is 80.0 Å². The Kier molecular flexibility index (Phi) is 9.28. The van der Waals surface area contributed by atoms with Crippen molar-refractivity contribution in [3.05, 3.63) is 77.1 Å². The average Bonchev–Trinajstić information content (AvgIpc) is 3.45. The standard InChI is InChI=1S/C31H28ClF3N8O4/c1-16-21(32)12-20(17(2)43-28-24(27(36)39-15-40-28)25(41-43)19-6-5-9-37-13-19)26(46-10-11-47-30(45)31(33,34)35)23(16)18-7-8-22(38-14-18)29(44)42(3)4/h5-9,12-15,17H,10-11H2,1-4H3,(H2,36,39,40). The normalized spacial score (nSPS) is 12.2.